The van der Waals surface area contributed by atoms with Gasteiger partial charge in [-0.25, -0.2) is 9.37 Å². The SMILES string of the molecule is C/C(=N/OCCC(C)C)c1cnc(SCCC(F)=C(F)F)s1. The number of thioether (sulfide) groups is 1. The second-order valence-corrected chi connectivity index (χ2v) is 7.32. The van der Waals surface area contributed by atoms with Gasteiger partial charge in [-0.3, -0.25) is 0 Å². The molecule has 1 heterocycles. The van der Waals surface area contributed by atoms with E-state index < -0.39 is 11.9 Å². The molecule has 1 rings (SSSR count). The van der Waals surface area contributed by atoms with Gasteiger partial charge in [0.25, 0.3) is 0 Å². The maximum atomic E-state index is 12.7. The number of hydrogen-bond acceptors (Lipinski definition) is 5. The Hall–Kier alpha value is -1.02. The number of thiazole rings is 1. The molecule has 0 N–H and O–H groups in total. The van der Waals surface area contributed by atoms with Crippen LogP contribution in [0, 0.1) is 5.92 Å². The summed E-state index contributed by atoms with van der Waals surface area (Å²) >= 11 is 2.62. The molecule has 0 fully saturated rings. The summed E-state index contributed by atoms with van der Waals surface area (Å²) in [5.74, 6) is -0.580. The molecule has 0 spiro atoms. The van der Waals surface area contributed by atoms with Crippen molar-refractivity contribution in [1.29, 1.82) is 0 Å². The standard InChI is InChI=1S/C14H19F3N2OS2/c1-9(2)4-6-20-19-10(3)12-8-18-14(22-12)21-7-5-11(15)13(16)17/h8-9H,4-7H2,1-3H3/b19-10-. The summed E-state index contributed by atoms with van der Waals surface area (Å²) in [6, 6.07) is 0. The number of halogens is 3. The molecular formula is C14H19F3N2OS2. The van der Waals surface area contributed by atoms with Crippen LogP contribution in [0.2, 0.25) is 0 Å². The summed E-state index contributed by atoms with van der Waals surface area (Å²) < 4.78 is 37.2. The number of hydrogen-bond donors (Lipinski definition) is 0. The highest BCUT2D eigenvalue weighted by atomic mass is 32.2. The molecule has 0 aliphatic carbocycles. The van der Waals surface area contributed by atoms with E-state index in [0.717, 1.165) is 11.3 Å². The molecule has 1 aromatic heterocycles. The van der Waals surface area contributed by atoms with Crippen molar-refractivity contribution < 1.29 is 18.0 Å². The van der Waals surface area contributed by atoms with Crippen LogP contribution in [0.25, 0.3) is 0 Å². The van der Waals surface area contributed by atoms with E-state index in [1.807, 2.05) is 6.92 Å². The fourth-order valence-corrected chi connectivity index (χ4v) is 3.21. The maximum absolute atomic E-state index is 12.7. The van der Waals surface area contributed by atoms with Gasteiger partial charge in [0.2, 0.25) is 0 Å². The van der Waals surface area contributed by atoms with Gasteiger partial charge in [-0.2, -0.15) is 8.78 Å². The van der Waals surface area contributed by atoms with E-state index in [4.69, 9.17) is 4.84 Å². The van der Waals surface area contributed by atoms with Crippen molar-refractivity contribution in [2.75, 3.05) is 12.4 Å². The van der Waals surface area contributed by atoms with Crippen LogP contribution in [0.15, 0.2) is 27.6 Å². The van der Waals surface area contributed by atoms with E-state index >= 15 is 0 Å². The van der Waals surface area contributed by atoms with E-state index in [1.54, 1.807) is 6.20 Å². The first-order valence-electron chi connectivity index (χ1n) is 6.85. The Morgan fingerprint density at radius 1 is 1.41 bits per heavy atom. The Balaban J connectivity index is 2.43. The molecule has 1 aromatic rings. The minimum absolute atomic E-state index is 0.219. The predicted octanol–water partition coefficient (Wildman–Crippen LogP) is 5.49. The molecule has 3 nitrogen and oxygen atoms in total. The lowest BCUT2D eigenvalue weighted by Crippen LogP contribution is -1.98. The molecule has 22 heavy (non-hydrogen) atoms. The maximum Gasteiger partial charge on any atom is 0.301 e. The fraction of sp³-hybridized carbons (Fsp3) is 0.571. The van der Waals surface area contributed by atoms with Crippen molar-refractivity contribution in [2.24, 2.45) is 11.1 Å². The normalized spacial score (nSPS) is 11.9. The highest BCUT2D eigenvalue weighted by Crippen LogP contribution is 2.27. The van der Waals surface area contributed by atoms with E-state index in [1.165, 1.54) is 23.1 Å². The van der Waals surface area contributed by atoms with Crippen LogP contribution < -0.4 is 0 Å². The zero-order chi connectivity index (χ0) is 16.5. The van der Waals surface area contributed by atoms with Gasteiger partial charge in [-0.15, -0.1) is 11.3 Å². The first-order valence-corrected chi connectivity index (χ1v) is 8.65. The van der Waals surface area contributed by atoms with Gasteiger partial charge in [0.1, 0.15) is 10.9 Å². The molecule has 124 valence electrons. The molecule has 0 saturated carbocycles. The van der Waals surface area contributed by atoms with Crippen LogP contribution in [-0.2, 0) is 4.84 Å². The largest absolute Gasteiger partial charge is 0.396 e. The third-order valence-corrected chi connectivity index (χ3v) is 4.85. The number of nitrogens with zero attached hydrogens (tertiary/aromatic N) is 2. The molecule has 0 aromatic carbocycles. The van der Waals surface area contributed by atoms with Gasteiger partial charge >= 0.3 is 6.08 Å². The average Bonchev–Trinajstić information content (AvgIpc) is 2.91. The molecule has 0 atom stereocenters. The summed E-state index contributed by atoms with van der Waals surface area (Å²) in [7, 11) is 0. The molecule has 8 heteroatoms. The summed E-state index contributed by atoms with van der Waals surface area (Å²) in [5.41, 5.74) is 0.717. The Bertz CT molecular complexity index is 526. The molecule has 0 unspecified atom stereocenters. The van der Waals surface area contributed by atoms with E-state index in [0.29, 0.717) is 22.6 Å². The van der Waals surface area contributed by atoms with E-state index in [2.05, 4.69) is 24.0 Å². The Morgan fingerprint density at radius 2 is 2.14 bits per heavy atom. The molecule has 0 aliphatic rings. The summed E-state index contributed by atoms with van der Waals surface area (Å²) in [6.07, 6.45) is 0.0411. The van der Waals surface area contributed by atoms with Crippen molar-refractivity contribution in [3.05, 3.63) is 23.0 Å². The monoisotopic (exact) mass is 352 g/mol. The quantitative estimate of drug-likeness (QED) is 0.255. The van der Waals surface area contributed by atoms with Crippen molar-refractivity contribution in [2.45, 2.75) is 38.0 Å². The van der Waals surface area contributed by atoms with Gasteiger partial charge in [0.15, 0.2) is 5.83 Å². The second-order valence-electron chi connectivity index (χ2n) is 4.95. The summed E-state index contributed by atoms with van der Waals surface area (Å²) in [4.78, 5) is 10.2. The smallest absolute Gasteiger partial charge is 0.301 e. The molecule has 0 bridgehead atoms. The van der Waals surface area contributed by atoms with Crippen LogP contribution in [0.5, 0.6) is 0 Å². The lowest BCUT2D eigenvalue weighted by molar-refractivity contribution is 0.133. The molecular weight excluding hydrogens is 333 g/mol. The highest BCUT2D eigenvalue weighted by Gasteiger charge is 2.09. The number of aromatic nitrogens is 1. The second kappa shape index (κ2) is 9.89. The third kappa shape index (κ3) is 7.31. The van der Waals surface area contributed by atoms with E-state index in [-0.39, 0.29) is 12.2 Å². The predicted molar refractivity (Wildman–Crippen MR) is 85.4 cm³/mol. The van der Waals surface area contributed by atoms with Crippen molar-refractivity contribution in [3.63, 3.8) is 0 Å². The van der Waals surface area contributed by atoms with Crippen LogP contribution in [0.1, 0.15) is 38.5 Å². The number of rotatable bonds is 9. The van der Waals surface area contributed by atoms with Crippen LogP contribution >= 0.6 is 23.1 Å². The average molecular weight is 352 g/mol. The molecule has 0 saturated heterocycles. The molecule has 0 radical (unpaired) electrons. The third-order valence-electron chi connectivity index (χ3n) is 2.58. The minimum atomic E-state index is -2.25. The lowest BCUT2D eigenvalue weighted by Gasteiger charge is -2.03. The Morgan fingerprint density at radius 3 is 2.77 bits per heavy atom. The summed E-state index contributed by atoms with van der Waals surface area (Å²) in [5, 5.41) is 4.02. The molecule has 0 amide bonds. The first kappa shape index (κ1) is 19.0. The van der Waals surface area contributed by atoms with Crippen molar-refractivity contribution in [3.8, 4) is 0 Å². The minimum Gasteiger partial charge on any atom is -0.396 e. The van der Waals surface area contributed by atoms with Crippen molar-refractivity contribution in [1.82, 2.24) is 4.98 Å². The Kier molecular flexibility index (Phi) is 8.55. The van der Waals surface area contributed by atoms with Gasteiger partial charge in [0.05, 0.1) is 10.6 Å². The summed E-state index contributed by atoms with van der Waals surface area (Å²) in [6.45, 7) is 6.60. The van der Waals surface area contributed by atoms with Gasteiger partial charge in [0, 0.05) is 18.4 Å². The fourth-order valence-electron chi connectivity index (χ4n) is 1.29. The number of oxime groups is 1. The topological polar surface area (TPSA) is 34.5 Å². The van der Waals surface area contributed by atoms with Gasteiger partial charge in [-0.05, 0) is 19.3 Å². The van der Waals surface area contributed by atoms with Gasteiger partial charge < -0.3 is 4.84 Å². The molecule has 0 aliphatic heterocycles. The van der Waals surface area contributed by atoms with Crippen molar-refractivity contribution >= 4 is 28.8 Å². The first-order chi connectivity index (χ1) is 10.4. The van der Waals surface area contributed by atoms with Crippen LogP contribution in [-0.4, -0.2) is 23.1 Å². The van der Waals surface area contributed by atoms with Crippen LogP contribution in [0.3, 0.4) is 0 Å². The van der Waals surface area contributed by atoms with Gasteiger partial charge in [-0.1, -0.05) is 30.8 Å². The van der Waals surface area contributed by atoms with E-state index in [9.17, 15) is 13.2 Å². The lowest BCUT2D eigenvalue weighted by atomic mass is 10.1. The zero-order valence-electron chi connectivity index (χ0n) is 12.7. The number of allylic oxidation sites excluding steroid dienone is 1. The highest BCUT2D eigenvalue weighted by molar-refractivity contribution is 8.01. The van der Waals surface area contributed by atoms with Crippen LogP contribution in [0.4, 0.5) is 13.2 Å². The Labute approximate surface area is 136 Å². The zero-order valence-corrected chi connectivity index (χ0v) is 14.4.